The average molecular weight is 287 g/mol. The first-order valence-electron chi connectivity index (χ1n) is 7.01. The van der Waals surface area contributed by atoms with Crippen molar-refractivity contribution >= 4 is 12.1 Å². The maximum atomic E-state index is 12.0. The first-order chi connectivity index (χ1) is 9.22. The third-order valence-electron chi connectivity index (χ3n) is 3.22. The Morgan fingerprint density at radius 1 is 1.35 bits per heavy atom. The number of aliphatic hydroxyl groups excluding tert-OH is 1. The van der Waals surface area contributed by atoms with E-state index >= 15 is 0 Å². The van der Waals surface area contributed by atoms with E-state index in [1.54, 1.807) is 27.7 Å². The summed E-state index contributed by atoms with van der Waals surface area (Å²) in [6.45, 7) is 7.36. The quantitative estimate of drug-likeness (QED) is 0.750. The van der Waals surface area contributed by atoms with Gasteiger partial charge in [0, 0.05) is 6.61 Å². The molecule has 1 aliphatic rings. The summed E-state index contributed by atoms with van der Waals surface area (Å²) >= 11 is 0. The zero-order chi connectivity index (χ0) is 15.4. The monoisotopic (exact) mass is 287 g/mol. The van der Waals surface area contributed by atoms with E-state index in [0.29, 0.717) is 19.3 Å². The van der Waals surface area contributed by atoms with Crippen molar-refractivity contribution in [1.29, 1.82) is 0 Å². The van der Waals surface area contributed by atoms with Gasteiger partial charge in [-0.15, -0.1) is 0 Å². The van der Waals surface area contributed by atoms with Gasteiger partial charge in [-0.25, -0.2) is 9.59 Å². The topological polar surface area (TPSA) is 84.9 Å². The van der Waals surface area contributed by atoms with Crippen molar-refractivity contribution in [3.05, 3.63) is 0 Å². The van der Waals surface area contributed by atoms with E-state index in [4.69, 9.17) is 14.6 Å². The highest BCUT2D eigenvalue weighted by molar-refractivity contribution is 5.87. The van der Waals surface area contributed by atoms with Gasteiger partial charge in [-0.3, -0.25) is 0 Å². The van der Waals surface area contributed by atoms with Crippen LogP contribution in [-0.4, -0.2) is 41.5 Å². The Hall–Kier alpha value is -1.30. The number of rotatable bonds is 5. The first kappa shape index (κ1) is 16.8. The maximum absolute atomic E-state index is 12.0. The van der Waals surface area contributed by atoms with E-state index < -0.39 is 23.2 Å². The summed E-state index contributed by atoms with van der Waals surface area (Å²) in [4.78, 5) is 23.9. The van der Waals surface area contributed by atoms with Crippen LogP contribution in [0.2, 0.25) is 0 Å². The van der Waals surface area contributed by atoms with E-state index in [2.05, 4.69) is 5.32 Å². The summed E-state index contributed by atoms with van der Waals surface area (Å²) in [6.07, 6.45) is 0.960. The Morgan fingerprint density at radius 3 is 2.40 bits per heavy atom. The van der Waals surface area contributed by atoms with Crippen molar-refractivity contribution in [3.8, 4) is 0 Å². The molecule has 0 aromatic carbocycles. The minimum absolute atomic E-state index is 0.0794. The van der Waals surface area contributed by atoms with Gasteiger partial charge < -0.3 is 19.9 Å². The predicted octanol–water partition coefficient (Wildman–Crippen LogP) is 1.61. The standard InChI is InChI=1S/C14H25NO5/c1-5-19-11(17)14(8-10(9-14)6-7-16)15-12(18)20-13(2,3)4/h10,16H,5-9H2,1-4H3,(H,15,18). The first-order valence-corrected chi connectivity index (χ1v) is 7.01. The zero-order valence-corrected chi connectivity index (χ0v) is 12.7. The van der Waals surface area contributed by atoms with Gasteiger partial charge in [-0.05, 0) is 52.9 Å². The number of alkyl carbamates (subject to hydrolysis) is 1. The third kappa shape index (κ3) is 4.37. The number of amides is 1. The van der Waals surface area contributed by atoms with Crippen molar-refractivity contribution in [2.45, 2.75) is 58.1 Å². The van der Waals surface area contributed by atoms with Crippen molar-refractivity contribution < 1.29 is 24.2 Å². The average Bonchev–Trinajstić information content (AvgIpc) is 2.23. The van der Waals surface area contributed by atoms with E-state index in [-0.39, 0.29) is 19.1 Å². The van der Waals surface area contributed by atoms with Crippen molar-refractivity contribution in [2.75, 3.05) is 13.2 Å². The fourth-order valence-corrected chi connectivity index (χ4v) is 2.40. The molecule has 1 amide bonds. The molecule has 6 heteroatoms. The third-order valence-corrected chi connectivity index (χ3v) is 3.22. The molecule has 0 aromatic heterocycles. The molecule has 1 fully saturated rings. The molecule has 0 saturated heterocycles. The Labute approximate surface area is 119 Å². The molecule has 0 radical (unpaired) electrons. The van der Waals surface area contributed by atoms with Crippen LogP contribution in [0.15, 0.2) is 0 Å². The smallest absolute Gasteiger partial charge is 0.408 e. The molecule has 6 nitrogen and oxygen atoms in total. The van der Waals surface area contributed by atoms with Crippen LogP contribution in [0, 0.1) is 5.92 Å². The summed E-state index contributed by atoms with van der Waals surface area (Å²) in [7, 11) is 0. The predicted molar refractivity (Wildman–Crippen MR) is 73.2 cm³/mol. The number of carbonyl (C=O) groups excluding carboxylic acids is 2. The number of aliphatic hydroxyl groups is 1. The van der Waals surface area contributed by atoms with Crippen LogP contribution in [0.1, 0.15) is 47.0 Å². The number of esters is 1. The maximum Gasteiger partial charge on any atom is 0.408 e. The second kappa shape index (κ2) is 6.43. The van der Waals surface area contributed by atoms with Crippen molar-refractivity contribution in [3.63, 3.8) is 0 Å². The second-order valence-corrected chi connectivity index (χ2v) is 6.22. The molecule has 1 rings (SSSR count). The summed E-state index contributed by atoms with van der Waals surface area (Å²) in [5.41, 5.74) is -1.62. The molecule has 0 bridgehead atoms. The highest BCUT2D eigenvalue weighted by Gasteiger charge is 2.52. The van der Waals surface area contributed by atoms with Gasteiger partial charge >= 0.3 is 12.1 Å². The van der Waals surface area contributed by atoms with Gasteiger partial charge in [0.2, 0.25) is 0 Å². The molecule has 0 atom stereocenters. The van der Waals surface area contributed by atoms with Gasteiger partial charge in [-0.2, -0.15) is 0 Å². The van der Waals surface area contributed by atoms with Gasteiger partial charge in [-0.1, -0.05) is 0 Å². The van der Waals surface area contributed by atoms with Gasteiger partial charge in [0.15, 0.2) is 0 Å². The van der Waals surface area contributed by atoms with Crippen LogP contribution in [0.3, 0.4) is 0 Å². The molecule has 0 unspecified atom stereocenters. The van der Waals surface area contributed by atoms with Crippen LogP contribution in [0.4, 0.5) is 4.79 Å². The normalized spacial score (nSPS) is 25.6. The molecule has 20 heavy (non-hydrogen) atoms. The fraction of sp³-hybridized carbons (Fsp3) is 0.857. The zero-order valence-electron chi connectivity index (χ0n) is 12.7. The molecule has 0 aromatic rings. The van der Waals surface area contributed by atoms with Crippen LogP contribution >= 0.6 is 0 Å². The van der Waals surface area contributed by atoms with E-state index in [1.807, 2.05) is 0 Å². The number of hydrogen-bond donors (Lipinski definition) is 2. The highest BCUT2D eigenvalue weighted by atomic mass is 16.6. The Bertz CT molecular complexity index is 355. The molecular weight excluding hydrogens is 262 g/mol. The van der Waals surface area contributed by atoms with E-state index in [0.717, 1.165) is 0 Å². The number of hydrogen-bond acceptors (Lipinski definition) is 5. The fourth-order valence-electron chi connectivity index (χ4n) is 2.40. The minimum atomic E-state index is -1.00. The van der Waals surface area contributed by atoms with E-state index in [9.17, 15) is 9.59 Å². The van der Waals surface area contributed by atoms with Crippen molar-refractivity contribution in [2.24, 2.45) is 5.92 Å². The SMILES string of the molecule is CCOC(=O)C1(NC(=O)OC(C)(C)C)CC(CCO)C1. The summed E-state index contributed by atoms with van der Waals surface area (Å²) in [6, 6.07) is 0. The van der Waals surface area contributed by atoms with Gasteiger partial charge in [0.05, 0.1) is 6.61 Å². The molecule has 2 N–H and O–H groups in total. The lowest BCUT2D eigenvalue weighted by atomic mass is 9.67. The summed E-state index contributed by atoms with van der Waals surface area (Å²) in [5, 5.41) is 11.6. The van der Waals surface area contributed by atoms with Gasteiger partial charge in [0.25, 0.3) is 0 Å². The summed E-state index contributed by atoms with van der Waals surface area (Å²) in [5.74, 6) is -0.209. The van der Waals surface area contributed by atoms with E-state index in [1.165, 1.54) is 0 Å². The van der Waals surface area contributed by atoms with Crippen LogP contribution < -0.4 is 5.32 Å². The van der Waals surface area contributed by atoms with Gasteiger partial charge in [0.1, 0.15) is 11.1 Å². The Balaban J connectivity index is 2.66. The molecule has 0 spiro atoms. The lowest BCUT2D eigenvalue weighted by Crippen LogP contribution is -2.63. The molecular formula is C14H25NO5. The lowest BCUT2D eigenvalue weighted by molar-refractivity contribution is -0.158. The van der Waals surface area contributed by atoms with Crippen LogP contribution in [0.25, 0.3) is 0 Å². The highest BCUT2D eigenvalue weighted by Crippen LogP contribution is 2.41. The molecule has 0 aliphatic heterocycles. The number of nitrogens with one attached hydrogen (secondary N) is 1. The van der Waals surface area contributed by atoms with Crippen LogP contribution in [0.5, 0.6) is 0 Å². The minimum Gasteiger partial charge on any atom is -0.464 e. The Kier molecular flexibility index (Phi) is 5.39. The summed E-state index contributed by atoms with van der Waals surface area (Å²) < 4.78 is 10.2. The number of carbonyl (C=O) groups is 2. The largest absolute Gasteiger partial charge is 0.464 e. The second-order valence-electron chi connectivity index (χ2n) is 6.22. The molecule has 0 heterocycles. The molecule has 1 aliphatic carbocycles. The number of ether oxygens (including phenoxy) is 2. The Morgan fingerprint density at radius 2 is 1.95 bits per heavy atom. The van der Waals surface area contributed by atoms with Crippen molar-refractivity contribution in [1.82, 2.24) is 5.32 Å². The lowest BCUT2D eigenvalue weighted by Gasteiger charge is -2.45. The van der Waals surface area contributed by atoms with Crippen LogP contribution in [-0.2, 0) is 14.3 Å². The molecule has 1 saturated carbocycles. The molecule has 116 valence electrons.